The number of amides is 1. The number of carbonyl (C=O) groups excluding carboxylic acids is 1. The maximum atomic E-state index is 13.1. The summed E-state index contributed by atoms with van der Waals surface area (Å²) in [5.74, 6) is 0.00714. The van der Waals surface area contributed by atoms with Crippen molar-refractivity contribution in [2.45, 2.75) is 37.6 Å². The Morgan fingerprint density at radius 3 is 2.41 bits per heavy atom. The first-order valence-corrected chi connectivity index (χ1v) is 12.0. The summed E-state index contributed by atoms with van der Waals surface area (Å²) in [4.78, 5) is 17.3. The van der Waals surface area contributed by atoms with Crippen LogP contribution in [0.3, 0.4) is 0 Å². The van der Waals surface area contributed by atoms with Crippen molar-refractivity contribution in [3.63, 3.8) is 0 Å². The van der Waals surface area contributed by atoms with E-state index in [1.165, 1.54) is 11.1 Å². The molecular weight excluding hydrogens is 384 g/mol. The lowest BCUT2D eigenvalue weighted by Gasteiger charge is -2.40. The number of likely N-dealkylation sites (tertiary alicyclic amines) is 1. The molecule has 0 saturated carbocycles. The van der Waals surface area contributed by atoms with Gasteiger partial charge in [0.25, 0.3) is 5.91 Å². The summed E-state index contributed by atoms with van der Waals surface area (Å²) in [6.07, 6.45) is 1.27. The van der Waals surface area contributed by atoms with Crippen molar-refractivity contribution < 1.29 is 13.2 Å². The van der Waals surface area contributed by atoms with Gasteiger partial charge >= 0.3 is 0 Å². The molecule has 0 aromatic heterocycles. The van der Waals surface area contributed by atoms with Crippen LogP contribution >= 0.6 is 0 Å². The van der Waals surface area contributed by atoms with Gasteiger partial charge in [0, 0.05) is 25.2 Å². The topological polar surface area (TPSA) is 57.7 Å². The summed E-state index contributed by atoms with van der Waals surface area (Å²) in [7, 11) is -3.18. The molecular formula is C23H28N2O3S. The fourth-order valence-corrected chi connectivity index (χ4v) is 6.60. The lowest BCUT2D eigenvalue weighted by Crippen LogP contribution is -2.56. The summed E-state index contributed by atoms with van der Waals surface area (Å²) >= 11 is 0. The highest BCUT2D eigenvalue weighted by Crippen LogP contribution is 2.30. The van der Waals surface area contributed by atoms with E-state index in [2.05, 4.69) is 24.0 Å². The van der Waals surface area contributed by atoms with E-state index in [9.17, 15) is 13.2 Å². The van der Waals surface area contributed by atoms with Gasteiger partial charge in [-0.15, -0.1) is 0 Å². The number of hydrogen-bond acceptors (Lipinski definition) is 4. The third kappa shape index (κ3) is 4.23. The molecule has 2 heterocycles. The first kappa shape index (κ1) is 20.1. The summed E-state index contributed by atoms with van der Waals surface area (Å²) in [6.45, 7) is 4.75. The lowest BCUT2D eigenvalue weighted by atomic mass is 10.0. The Balaban J connectivity index is 1.55. The largest absolute Gasteiger partial charge is 0.333 e. The molecule has 154 valence electrons. The molecule has 2 aromatic carbocycles. The van der Waals surface area contributed by atoms with E-state index in [-0.39, 0.29) is 24.2 Å². The monoisotopic (exact) mass is 412 g/mol. The van der Waals surface area contributed by atoms with Gasteiger partial charge in [0.05, 0.1) is 17.0 Å². The average molecular weight is 413 g/mol. The number of carbonyl (C=O) groups is 1. The molecule has 2 aliphatic rings. The van der Waals surface area contributed by atoms with Crippen LogP contribution in [0.2, 0.25) is 0 Å². The van der Waals surface area contributed by atoms with Crippen LogP contribution in [0.4, 0.5) is 0 Å². The van der Waals surface area contributed by atoms with Gasteiger partial charge in [0.15, 0.2) is 9.84 Å². The molecule has 0 aliphatic carbocycles. The number of benzene rings is 2. The van der Waals surface area contributed by atoms with Crippen molar-refractivity contribution in [1.82, 2.24) is 9.80 Å². The number of nitrogens with zero attached hydrogens (tertiary/aromatic N) is 2. The maximum absolute atomic E-state index is 13.1. The van der Waals surface area contributed by atoms with Crippen molar-refractivity contribution in [3.8, 4) is 0 Å². The van der Waals surface area contributed by atoms with E-state index >= 15 is 0 Å². The van der Waals surface area contributed by atoms with Crippen LogP contribution in [-0.4, -0.2) is 60.8 Å². The van der Waals surface area contributed by atoms with Crippen molar-refractivity contribution in [1.29, 1.82) is 0 Å². The van der Waals surface area contributed by atoms with Gasteiger partial charge in [-0.2, -0.15) is 0 Å². The smallest absolute Gasteiger partial charge is 0.254 e. The number of fused-ring (bicyclic) bond motifs is 1. The van der Waals surface area contributed by atoms with Crippen LogP contribution in [-0.2, 0) is 16.4 Å². The third-order valence-electron chi connectivity index (χ3n) is 6.32. The first-order valence-electron chi connectivity index (χ1n) is 10.3. The fourth-order valence-electron chi connectivity index (χ4n) is 4.62. The molecule has 2 saturated heterocycles. The number of sulfone groups is 1. The standard InChI is InChI=1S/C23H28N2O3S/c1-18-7-5-6-10-20(18)17-24-13-11-21-22(12-14-24)29(27,28)16-15-25(21)23(26)19-8-3-2-4-9-19/h2-10,21-22H,11-17H2,1H3/t21-,22+/m0/s1. The first-order chi connectivity index (χ1) is 14.0. The predicted octanol–water partition coefficient (Wildman–Crippen LogP) is 2.90. The molecule has 2 aromatic rings. The summed E-state index contributed by atoms with van der Waals surface area (Å²) < 4.78 is 25.7. The fraction of sp³-hybridized carbons (Fsp3) is 0.435. The van der Waals surface area contributed by atoms with Gasteiger partial charge in [-0.05, 0) is 49.6 Å². The minimum Gasteiger partial charge on any atom is -0.333 e. The zero-order chi connectivity index (χ0) is 20.4. The Morgan fingerprint density at radius 2 is 1.66 bits per heavy atom. The Morgan fingerprint density at radius 1 is 0.966 bits per heavy atom. The van der Waals surface area contributed by atoms with E-state index in [0.717, 1.165) is 19.6 Å². The van der Waals surface area contributed by atoms with E-state index in [1.54, 1.807) is 0 Å². The van der Waals surface area contributed by atoms with Crippen molar-refractivity contribution in [2.24, 2.45) is 0 Å². The summed E-state index contributed by atoms with van der Waals surface area (Å²) in [5, 5.41) is -0.467. The molecule has 6 heteroatoms. The summed E-state index contributed by atoms with van der Waals surface area (Å²) in [6, 6.07) is 17.3. The normalized spacial score (nSPS) is 24.5. The molecule has 0 spiro atoms. The van der Waals surface area contributed by atoms with E-state index in [4.69, 9.17) is 0 Å². The van der Waals surface area contributed by atoms with Crippen molar-refractivity contribution >= 4 is 15.7 Å². The second-order valence-electron chi connectivity index (χ2n) is 8.12. The number of hydrogen-bond donors (Lipinski definition) is 0. The molecule has 2 fully saturated rings. The quantitative estimate of drug-likeness (QED) is 0.778. The second-order valence-corrected chi connectivity index (χ2v) is 10.5. The van der Waals surface area contributed by atoms with Gasteiger partial charge in [-0.1, -0.05) is 42.5 Å². The van der Waals surface area contributed by atoms with Crippen LogP contribution in [0.15, 0.2) is 54.6 Å². The summed E-state index contributed by atoms with van der Waals surface area (Å²) in [5.41, 5.74) is 3.16. The second kappa shape index (κ2) is 8.28. The van der Waals surface area contributed by atoms with Gasteiger partial charge < -0.3 is 4.90 Å². The van der Waals surface area contributed by atoms with Crippen LogP contribution in [0.25, 0.3) is 0 Å². The van der Waals surface area contributed by atoms with Gasteiger partial charge in [-0.3, -0.25) is 9.69 Å². The highest BCUT2D eigenvalue weighted by Gasteiger charge is 2.44. The minimum absolute atomic E-state index is 0.0529. The van der Waals surface area contributed by atoms with E-state index in [0.29, 0.717) is 18.4 Å². The molecule has 0 radical (unpaired) electrons. The van der Waals surface area contributed by atoms with Crippen LogP contribution < -0.4 is 0 Å². The van der Waals surface area contributed by atoms with Crippen molar-refractivity contribution in [2.75, 3.05) is 25.4 Å². The van der Waals surface area contributed by atoms with Crippen LogP contribution in [0, 0.1) is 6.92 Å². The van der Waals surface area contributed by atoms with Gasteiger partial charge in [-0.25, -0.2) is 8.42 Å². The van der Waals surface area contributed by atoms with Crippen molar-refractivity contribution in [3.05, 3.63) is 71.3 Å². The lowest BCUT2D eigenvalue weighted by molar-refractivity contribution is 0.0665. The maximum Gasteiger partial charge on any atom is 0.254 e. The van der Waals surface area contributed by atoms with E-state index in [1.807, 2.05) is 47.4 Å². The van der Waals surface area contributed by atoms with Gasteiger partial charge in [0.1, 0.15) is 0 Å². The van der Waals surface area contributed by atoms with Gasteiger partial charge in [0.2, 0.25) is 0 Å². The molecule has 2 aliphatic heterocycles. The zero-order valence-corrected chi connectivity index (χ0v) is 17.6. The Bertz CT molecular complexity index is 975. The Hall–Kier alpha value is -2.18. The SMILES string of the molecule is Cc1ccccc1CN1CC[C@@H]2[C@H](CC1)N(C(=O)c1ccccc1)CCS2(=O)=O. The Kier molecular flexibility index (Phi) is 5.74. The zero-order valence-electron chi connectivity index (χ0n) is 16.8. The molecule has 4 rings (SSSR count). The highest BCUT2D eigenvalue weighted by atomic mass is 32.2. The average Bonchev–Trinajstić information content (AvgIpc) is 2.94. The van der Waals surface area contributed by atoms with E-state index < -0.39 is 15.1 Å². The molecule has 0 unspecified atom stereocenters. The molecule has 2 atom stereocenters. The third-order valence-corrected chi connectivity index (χ3v) is 8.54. The molecule has 1 amide bonds. The predicted molar refractivity (Wildman–Crippen MR) is 115 cm³/mol. The number of aryl methyl sites for hydroxylation is 1. The molecule has 0 bridgehead atoms. The van der Waals surface area contributed by atoms with Crippen LogP contribution in [0.1, 0.15) is 34.3 Å². The molecule has 29 heavy (non-hydrogen) atoms. The minimum atomic E-state index is -3.18. The molecule has 0 N–H and O–H groups in total. The van der Waals surface area contributed by atoms with Crippen LogP contribution in [0.5, 0.6) is 0 Å². The highest BCUT2D eigenvalue weighted by molar-refractivity contribution is 7.92. The number of rotatable bonds is 3. The Labute approximate surface area is 173 Å². The molecule has 5 nitrogen and oxygen atoms in total.